The molecule has 0 spiro atoms. The lowest BCUT2D eigenvalue weighted by Crippen LogP contribution is -2.28. The van der Waals surface area contributed by atoms with Gasteiger partial charge in [0.2, 0.25) is 21.8 Å². The number of benzene rings is 3. The molecule has 9 nitrogen and oxygen atoms in total. The lowest BCUT2D eigenvalue weighted by Gasteiger charge is -2.19. The summed E-state index contributed by atoms with van der Waals surface area (Å²) in [7, 11) is -2.22. The van der Waals surface area contributed by atoms with Crippen molar-refractivity contribution in [3.63, 3.8) is 0 Å². The second-order valence-electron chi connectivity index (χ2n) is 9.13. The third-order valence-electron chi connectivity index (χ3n) is 5.78. The molecule has 4 rings (SSSR count). The van der Waals surface area contributed by atoms with E-state index in [4.69, 9.17) is 10.2 Å². The third kappa shape index (κ3) is 8.20. The number of nitrogens with two attached hydrogens (primary N) is 1. The molecule has 3 N–H and O–H groups in total. The normalized spacial score (nSPS) is 12.6. The second kappa shape index (κ2) is 12.6. The van der Waals surface area contributed by atoms with Gasteiger partial charge in [-0.05, 0) is 56.7 Å². The molecule has 1 amide bonds. The number of amides is 1. The average molecular weight is 554 g/mol. The van der Waals surface area contributed by atoms with Gasteiger partial charge in [-0.3, -0.25) is 9.10 Å². The van der Waals surface area contributed by atoms with E-state index < -0.39 is 28.0 Å². The Morgan fingerprint density at radius 3 is 2.18 bits per heavy atom. The molecule has 0 aliphatic rings. The van der Waals surface area contributed by atoms with Crippen LogP contribution in [0.15, 0.2) is 77.2 Å². The first kappa shape index (κ1) is 29.5. The molecule has 11 heteroatoms. The summed E-state index contributed by atoms with van der Waals surface area (Å²) in [6, 6.07) is 19.6. The number of nitrogens with one attached hydrogen (secondary N) is 1. The van der Waals surface area contributed by atoms with E-state index in [-0.39, 0.29) is 28.8 Å². The van der Waals surface area contributed by atoms with Crippen molar-refractivity contribution in [1.29, 1.82) is 0 Å². The van der Waals surface area contributed by atoms with Crippen molar-refractivity contribution in [2.45, 2.75) is 32.9 Å². The van der Waals surface area contributed by atoms with Crippen molar-refractivity contribution < 1.29 is 22.0 Å². The minimum Gasteiger partial charge on any atom is -0.419 e. The Labute approximate surface area is 227 Å². The van der Waals surface area contributed by atoms with Gasteiger partial charge < -0.3 is 15.5 Å². The van der Waals surface area contributed by atoms with Crippen LogP contribution < -0.4 is 15.4 Å². The number of carbonyl (C=O) groups is 1. The van der Waals surface area contributed by atoms with Gasteiger partial charge in [-0.25, -0.2) is 12.8 Å². The molecular formula is C28H32FN5O4S. The Balaban J connectivity index is 0.000000520. The summed E-state index contributed by atoms with van der Waals surface area (Å²) in [4.78, 5) is 13.0. The molecule has 39 heavy (non-hydrogen) atoms. The lowest BCUT2D eigenvalue weighted by molar-refractivity contribution is 0.0940. The topological polar surface area (TPSA) is 131 Å². The van der Waals surface area contributed by atoms with Gasteiger partial charge in [0, 0.05) is 18.2 Å². The summed E-state index contributed by atoms with van der Waals surface area (Å²) < 4.78 is 43.9. The predicted molar refractivity (Wildman–Crippen MR) is 149 cm³/mol. The van der Waals surface area contributed by atoms with E-state index in [9.17, 15) is 17.6 Å². The zero-order valence-electron chi connectivity index (χ0n) is 22.4. The fraction of sp³-hybridized carbons (Fsp3) is 0.250. The standard InChI is InChI=1S/C21H24FN5O4S.C7H8/c1-12(23)20-25-26-21(31-20)16-9-15(10-18(11-16)27(3)32(4,29)30)19(28)24-13(2)14-5-7-17(22)8-6-14;1-7-5-3-2-4-6-7/h5-13H,23H2,1-4H3,(H,24,28);2-6H,1H3. The first-order chi connectivity index (χ1) is 18.3. The predicted octanol–water partition coefficient (Wildman–Crippen LogP) is 4.78. The van der Waals surface area contributed by atoms with Gasteiger partial charge >= 0.3 is 0 Å². The van der Waals surface area contributed by atoms with Gasteiger partial charge in [-0.2, -0.15) is 0 Å². The number of rotatable bonds is 7. The molecule has 0 radical (unpaired) electrons. The molecule has 3 aromatic carbocycles. The number of hydrogen-bond donors (Lipinski definition) is 2. The molecule has 1 heterocycles. The number of halogens is 1. The number of aromatic nitrogens is 2. The highest BCUT2D eigenvalue weighted by Crippen LogP contribution is 2.28. The Morgan fingerprint density at radius 1 is 1.03 bits per heavy atom. The van der Waals surface area contributed by atoms with E-state index in [0.29, 0.717) is 11.1 Å². The molecule has 0 aliphatic heterocycles. The molecule has 0 saturated carbocycles. The number of carbonyl (C=O) groups excluding carboxylic acids is 1. The van der Waals surface area contributed by atoms with E-state index in [1.54, 1.807) is 26.0 Å². The van der Waals surface area contributed by atoms with Gasteiger partial charge in [0.05, 0.1) is 24.0 Å². The highest BCUT2D eigenvalue weighted by atomic mass is 32.2. The third-order valence-corrected chi connectivity index (χ3v) is 6.98. The zero-order valence-corrected chi connectivity index (χ0v) is 23.2. The van der Waals surface area contributed by atoms with Crippen molar-refractivity contribution in [1.82, 2.24) is 15.5 Å². The molecular weight excluding hydrogens is 521 g/mol. The van der Waals surface area contributed by atoms with Gasteiger partial charge in [-0.15, -0.1) is 10.2 Å². The Hall–Kier alpha value is -4.09. The van der Waals surface area contributed by atoms with E-state index in [0.717, 1.165) is 10.6 Å². The SMILES string of the molecule is CC(N)c1nnc(-c2cc(C(=O)NC(C)c3ccc(F)cc3)cc(N(C)S(C)(=O)=O)c2)o1.Cc1ccccc1. The second-order valence-corrected chi connectivity index (χ2v) is 11.1. The van der Waals surface area contributed by atoms with Crippen molar-refractivity contribution in [2.24, 2.45) is 5.73 Å². The van der Waals surface area contributed by atoms with Crippen LogP contribution in [0.3, 0.4) is 0 Å². The number of nitrogens with zero attached hydrogens (tertiary/aromatic N) is 3. The van der Waals surface area contributed by atoms with Crippen molar-refractivity contribution >= 4 is 21.6 Å². The number of sulfonamides is 1. The van der Waals surface area contributed by atoms with Crippen molar-refractivity contribution in [3.8, 4) is 11.5 Å². The van der Waals surface area contributed by atoms with Crippen LogP contribution in [0.1, 0.15) is 53.3 Å². The molecule has 0 aliphatic carbocycles. The van der Waals surface area contributed by atoms with Crippen molar-refractivity contribution in [2.75, 3.05) is 17.6 Å². The highest BCUT2D eigenvalue weighted by Gasteiger charge is 2.20. The van der Waals surface area contributed by atoms with Crippen LogP contribution in [0.5, 0.6) is 0 Å². The van der Waals surface area contributed by atoms with Crippen LogP contribution >= 0.6 is 0 Å². The summed E-state index contributed by atoms with van der Waals surface area (Å²) in [6.45, 7) is 5.52. The maximum atomic E-state index is 13.2. The zero-order chi connectivity index (χ0) is 28.7. The molecule has 0 fully saturated rings. The molecule has 0 bridgehead atoms. The quantitative estimate of drug-likeness (QED) is 0.337. The Bertz CT molecular complexity index is 1510. The van der Waals surface area contributed by atoms with Crippen LogP contribution in [0, 0.1) is 12.7 Å². The molecule has 2 atom stereocenters. The summed E-state index contributed by atoms with van der Waals surface area (Å²) in [5.74, 6) is -0.530. The highest BCUT2D eigenvalue weighted by molar-refractivity contribution is 7.92. The first-order valence-electron chi connectivity index (χ1n) is 12.1. The smallest absolute Gasteiger partial charge is 0.251 e. The number of aryl methyl sites for hydroxylation is 1. The van der Waals surface area contributed by atoms with E-state index in [2.05, 4.69) is 34.6 Å². The van der Waals surface area contributed by atoms with Gasteiger partial charge in [-0.1, -0.05) is 48.0 Å². The minimum atomic E-state index is -3.60. The summed E-state index contributed by atoms with van der Waals surface area (Å²) in [5, 5.41) is 10.7. The van der Waals surface area contributed by atoms with Crippen LogP contribution in [0.25, 0.3) is 11.5 Å². The number of hydrogen-bond acceptors (Lipinski definition) is 7. The maximum Gasteiger partial charge on any atom is 0.251 e. The maximum absolute atomic E-state index is 13.2. The average Bonchev–Trinajstić information content (AvgIpc) is 3.40. The lowest BCUT2D eigenvalue weighted by atomic mass is 10.1. The molecule has 4 aromatic rings. The van der Waals surface area contributed by atoms with Crippen LogP contribution in [-0.4, -0.2) is 37.8 Å². The molecule has 0 saturated heterocycles. The molecule has 2 unspecified atom stereocenters. The van der Waals surface area contributed by atoms with E-state index >= 15 is 0 Å². The Kier molecular flexibility index (Phi) is 9.55. The van der Waals surface area contributed by atoms with Crippen molar-refractivity contribution in [3.05, 3.63) is 101 Å². The van der Waals surface area contributed by atoms with Crippen LogP contribution in [0.2, 0.25) is 0 Å². The molecule has 1 aromatic heterocycles. The monoisotopic (exact) mass is 553 g/mol. The first-order valence-corrected chi connectivity index (χ1v) is 14.0. The van der Waals surface area contributed by atoms with Crippen LogP contribution in [-0.2, 0) is 10.0 Å². The fourth-order valence-electron chi connectivity index (χ4n) is 3.42. The van der Waals surface area contributed by atoms with E-state index in [1.165, 1.54) is 42.9 Å². The minimum absolute atomic E-state index is 0.0988. The Morgan fingerprint density at radius 2 is 1.67 bits per heavy atom. The van der Waals surface area contributed by atoms with Gasteiger partial charge in [0.1, 0.15) is 5.82 Å². The summed E-state index contributed by atoms with van der Waals surface area (Å²) in [6.07, 6.45) is 1.05. The largest absolute Gasteiger partial charge is 0.419 e. The molecule has 206 valence electrons. The van der Waals surface area contributed by atoms with Crippen LogP contribution in [0.4, 0.5) is 10.1 Å². The summed E-state index contributed by atoms with van der Waals surface area (Å²) in [5.41, 5.74) is 8.58. The fourth-order valence-corrected chi connectivity index (χ4v) is 3.91. The van der Waals surface area contributed by atoms with Gasteiger partial charge in [0.25, 0.3) is 5.91 Å². The number of anilines is 1. The summed E-state index contributed by atoms with van der Waals surface area (Å²) >= 11 is 0. The van der Waals surface area contributed by atoms with Gasteiger partial charge in [0.15, 0.2) is 0 Å². The van der Waals surface area contributed by atoms with E-state index in [1.807, 2.05) is 18.2 Å².